The molecule has 0 N–H and O–H groups in total. The topological polar surface area (TPSA) is 14.8 Å². The van der Waals surface area contributed by atoms with E-state index >= 15 is 0 Å². The Morgan fingerprint density at radius 2 is 0.380 bits per heavy atom. The molecule has 0 aliphatic carbocycles. The largest absolute Gasteiger partial charge is 0.309 e. The van der Waals surface area contributed by atoms with Gasteiger partial charge in [-0.25, -0.2) is 0 Å². The summed E-state index contributed by atoms with van der Waals surface area (Å²) in [6.07, 6.45) is 0. The molecule has 0 aliphatic heterocycles. The first-order valence-electron chi connectivity index (χ1n) is 42.1. The molecule has 0 saturated heterocycles. The monoisotopic (exact) mass is 1540 g/mol. The Bertz CT molecular complexity index is 7910. The van der Waals surface area contributed by atoms with Crippen LogP contribution in [0.1, 0.15) is 22.3 Å². The smallest absolute Gasteiger partial charge is 0.0541 e. The van der Waals surface area contributed by atoms with Crippen LogP contribution in [0.4, 0.5) is 0 Å². The molecule has 3 heterocycles. The minimum atomic E-state index is 1.19. The highest BCUT2D eigenvalue weighted by atomic mass is 15.0. The van der Waals surface area contributed by atoms with E-state index in [9.17, 15) is 0 Å². The molecule has 3 nitrogen and oxygen atoms in total. The Morgan fingerprint density at radius 3 is 0.686 bits per heavy atom. The van der Waals surface area contributed by atoms with E-state index in [1.54, 1.807) is 0 Å². The fourth-order valence-electron chi connectivity index (χ4n) is 20.0. The molecule has 0 amide bonds. The molecular formula is C118H83N3. The van der Waals surface area contributed by atoms with Crippen molar-refractivity contribution in [1.82, 2.24) is 13.7 Å². The number of benzene rings is 21. The number of aromatic nitrogens is 3. The fraction of sp³-hybridized carbons (Fsp3) is 0.0339. The molecule has 0 radical (unpaired) electrons. The Morgan fingerprint density at radius 1 is 0.140 bits per heavy atom. The molecule has 24 aromatic rings. The van der Waals surface area contributed by atoms with Crippen molar-refractivity contribution in [3.05, 3.63) is 453 Å². The molecule has 24 rings (SSSR count). The summed E-state index contributed by atoms with van der Waals surface area (Å²) in [5, 5.41) is 23.1. The van der Waals surface area contributed by atoms with Gasteiger partial charge >= 0.3 is 0 Å². The maximum Gasteiger partial charge on any atom is 0.0541 e. The highest BCUT2D eigenvalue weighted by molar-refractivity contribution is 6.25. The fourth-order valence-corrected chi connectivity index (χ4v) is 20.0. The van der Waals surface area contributed by atoms with Crippen molar-refractivity contribution < 1.29 is 0 Å². The standard InChI is InChI=1S/C40H29N.2C39H27N/c1-26-25-38(41-36-22-12-10-16-29(36)30-17-11-13-23-37(30)41)27(2)24-35(26)40-33-20-8-6-18-31(33)39(28-14-4-3-5-15-28)32-19-7-9-21-34(32)40;1-26-25-28(40-36-21-11-9-15-30(36)31-16-10-12-22-37(31)40)23-24-29(26)39-34-19-7-5-17-32(34)38(27-13-3-2-4-14-27)33-18-6-8-20-35(33)39;1-26-25-28(23-24-35(26)40-36-21-11-9-15-29(36)30-16-10-12-22-37(30)40)39-33-19-7-5-17-31(33)38(27-13-3-2-4-14-27)32-18-6-8-20-34(32)39/h3-25H,1-2H3;2*2-25H,1H3. The van der Waals surface area contributed by atoms with Gasteiger partial charge in [-0.2, -0.15) is 0 Å². The van der Waals surface area contributed by atoms with Gasteiger partial charge in [-0.05, 0) is 254 Å². The second-order valence-electron chi connectivity index (χ2n) is 32.2. The number of fused-ring (bicyclic) bond motifs is 15. The molecular weight excluding hydrogens is 1460 g/mol. The van der Waals surface area contributed by atoms with E-state index in [4.69, 9.17) is 0 Å². The van der Waals surface area contributed by atoms with Crippen molar-refractivity contribution in [3.63, 3.8) is 0 Å². The van der Waals surface area contributed by atoms with E-state index in [2.05, 4.69) is 472 Å². The van der Waals surface area contributed by atoms with Gasteiger partial charge in [0.05, 0.1) is 33.1 Å². The molecule has 0 fully saturated rings. The van der Waals surface area contributed by atoms with E-state index in [-0.39, 0.29) is 0 Å². The van der Waals surface area contributed by atoms with Gasteiger partial charge in [-0.1, -0.05) is 358 Å². The summed E-state index contributed by atoms with van der Waals surface area (Å²) < 4.78 is 7.25. The highest BCUT2D eigenvalue weighted by Crippen LogP contribution is 2.50. The van der Waals surface area contributed by atoms with Crippen LogP contribution >= 0.6 is 0 Å². The zero-order valence-corrected chi connectivity index (χ0v) is 67.8. The molecule has 3 aromatic heterocycles. The zero-order valence-electron chi connectivity index (χ0n) is 67.8. The number of hydrogen-bond acceptors (Lipinski definition) is 0. The van der Waals surface area contributed by atoms with E-state index in [0.29, 0.717) is 0 Å². The molecule has 3 heteroatoms. The maximum atomic E-state index is 2.44. The van der Waals surface area contributed by atoms with Gasteiger partial charge in [-0.3, -0.25) is 0 Å². The molecule has 21 aromatic carbocycles. The van der Waals surface area contributed by atoms with Gasteiger partial charge in [0.25, 0.3) is 0 Å². The van der Waals surface area contributed by atoms with Crippen LogP contribution in [0.15, 0.2) is 431 Å². The molecule has 0 bridgehead atoms. The van der Waals surface area contributed by atoms with Crippen LogP contribution in [0, 0.1) is 27.7 Å². The number of hydrogen-bond donors (Lipinski definition) is 0. The van der Waals surface area contributed by atoms with Crippen LogP contribution in [0.25, 0.3) is 214 Å². The Balaban J connectivity index is 0.000000109. The van der Waals surface area contributed by atoms with Crippen molar-refractivity contribution in [2.75, 3.05) is 0 Å². The third kappa shape index (κ3) is 12.0. The summed E-state index contributed by atoms with van der Waals surface area (Å²) in [5.74, 6) is 0. The molecule has 0 unspecified atom stereocenters. The summed E-state index contributed by atoms with van der Waals surface area (Å²) in [6, 6.07) is 157. The number of nitrogens with zero attached hydrogens (tertiary/aromatic N) is 3. The maximum absolute atomic E-state index is 2.44. The summed E-state index contributed by atoms with van der Waals surface area (Å²) in [5.41, 5.74) is 31.5. The van der Waals surface area contributed by atoms with E-state index in [1.165, 1.54) is 236 Å². The van der Waals surface area contributed by atoms with Crippen molar-refractivity contribution in [3.8, 4) is 83.8 Å². The zero-order chi connectivity index (χ0) is 80.8. The van der Waals surface area contributed by atoms with Gasteiger partial charge in [0.1, 0.15) is 0 Å². The summed E-state index contributed by atoms with van der Waals surface area (Å²) in [6.45, 7) is 9.01. The number of para-hydroxylation sites is 6. The summed E-state index contributed by atoms with van der Waals surface area (Å²) in [4.78, 5) is 0. The average molecular weight is 1540 g/mol. The van der Waals surface area contributed by atoms with Crippen LogP contribution < -0.4 is 0 Å². The first kappa shape index (κ1) is 72.1. The van der Waals surface area contributed by atoms with E-state index in [1.807, 2.05) is 0 Å². The predicted molar refractivity (Wildman–Crippen MR) is 519 cm³/mol. The Hall–Kier alpha value is -15.4. The van der Waals surface area contributed by atoms with Crippen LogP contribution in [0.5, 0.6) is 0 Å². The molecule has 121 heavy (non-hydrogen) atoms. The molecule has 0 atom stereocenters. The lowest BCUT2D eigenvalue weighted by Gasteiger charge is -2.20. The molecule has 0 saturated carbocycles. The van der Waals surface area contributed by atoms with Crippen LogP contribution in [-0.4, -0.2) is 13.7 Å². The van der Waals surface area contributed by atoms with E-state index < -0.39 is 0 Å². The van der Waals surface area contributed by atoms with Crippen molar-refractivity contribution in [1.29, 1.82) is 0 Å². The lowest BCUT2D eigenvalue weighted by molar-refractivity contribution is 1.14. The predicted octanol–water partition coefficient (Wildman–Crippen LogP) is 32.5. The minimum absolute atomic E-state index is 1.19. The first-order chi connectivity index (χ1) is 59.8. The van der Waals surface area contributed by atoms with Crippen LogP contribution in [0.2, 0.25) is 0 Å². The van der Waals surface area contributed by atoms with Gasteiger partial charge in [0.15, 0.2) is 0 Å². The Labute approximate surface area is 703 Å². The summed E-state index contributed by atoms with van der Waals surface area (Å²) >= 11 is 0. The molecule has 570 valence electrons. The summed E-state index contributed by atoms with van der Waals surface area (Å²) in [7, 11) is 0. The van der Waals surface area contributed by atoms with Gasteiger partial charge < -0.3 is 13.7 Å². The third-order valence-electron chi connectivity index (χ3n) is 25.2. The van der Waals surface area contributed by atoms with Gasteiger partial charge in [0, 0.05) is 49.4 Å². The third-order valence-corrected chi connectivity index (χ3v) is 25.2. The van der Waals surface area contributed by atoms with Crippen LogP contribution in [0.3, 0.4) is 0 Å². The first-order valence-corrected chi connectivity index (χ1v) is 42.1. The molecule has 0 aliphatic rings. The van der Waals surface area contributed by atoms with E-state index in [0.717, 1.165) is 0 Å². The SMILES string of the molecule is Cc1cc(-c2c3ccccc3c(-c3ccccc3)c3ccccc23)ccc1-n1c2ccccc2c2ccccc21.Cc1cc(-n2c3ccccc3c3ccccc32)c(C)cc1-c1c2ccccc2c(-c2ccccc2)c2ccccc12.Cc1cc(-n2c3ccccc3c3ccccc32)ccc1-c1c2ccccc2c(-c2ccccc2)c2ccccc12. The van der Waals surface area contributed by atoms with Gasteiger partial charge in [-0.15, -0.1) is 0 Å². The second kappa shape index (κ2) is 29.9. The normalized spacial score (nSPS) is 11.6. The minimum Gasteiger partial charge on any atom is -0.309 e. The quantitative estimate of drug-likeness (QED) is 0.128. The van der Waals surface area contributed by atoms with Crippen molar-refractivity contribution >= 4 is 130 Å². The Kier molecular flexibility index (Phi) is 17.8. The van der Waals surface area contributed by atoms with Crippen molar-refractivity contribution in [2.24, 2.45) is 0 Å². The average Bonchev–Trinajstić information content (AvgIpc) is 1.59. The van der Waals surface area contributed by atoms with Crippen LogP contribution in [-0.2, 0) is 0 Å². The highest BCUT2D eigenvalue weighted by Gasteiger charge is 2.25. The lowest BCUT2D eigenvalue weighted by atomic mass is 9.84. The van der Waals surface area contributed by atoms with Crippen molar-refractivity contribution in [2.45, 2.75) is 27.7 Å². The lowest BCUT2D eigenvalue weighted by Crippen LogP contribution is -2.00. The molecule has 0 spiro atoms. The number of rotatable bonds is 9. The number of aryl methyl sites for hydroxylation is 4. The second-order valence-corrected chi connectivity index (χ2v) is 32.2. The van der Waals surface area contributed by atoms with Gasteiger partial charge in [0.2, 0.25) is 0 Å².